The number of carbonyl (C=O) groups is 1. The number of rotatable bonds is 3. The van der Waals surface area contributed by atoms with E-state index < -0.39 is 13.8 Å². The van der Waals surface area contributed by atoms with Crippen LogP contribution in [0.4, 0.5) is 0 Å². The van der Waals surface area contributed by atoms with Gasteiger partial charge in [-0.3, -0.25) is 0 Å². The number of carbonyl (C=O) groups excluding carboxylic acids is 1. The predicted molar refractivity (Wildman–Crippen MR) is 62.1 cm³/mol. The molecule has 0 N–H and O–H groups in total. The molecule has 0 saturated carbocycles. The molecule has 0 aromatic heterocycles. The maximum absolute atomic E-state index is 11.2. The van der Waals surface area contributed by atoms with E-state index in [9.17, 15) is 4.79 Å². The smallest absolute Gasteiger partial charge is 0.336 e. The highest BCUT2D eigenvalue weighted by Gasteiger charge is 2.50. The van der Waals surface area contributed by atoms with Gasteiger partial charge in [-0.05, 0) is 0 Å². The van der Waals surface area contributed by atoms with Crippen molar-refractivity contribution in [3.8, 4) is 0 Å². The molecule has 0 atom stereocenters. The Morgan fingerprint density at radius 1 is 1.46 bits per heavy atom. The van der Waals surface area contributed by atoms with Gasteiger partial charge < -0.3 is 4.74 Å². The Labute approximate surface area is 102 Å². The number of alkyl halides is 3. The lowest BCUT2D eigenvalue weighted by Crippen LogP contribution is -2.41. The van der Waals surface area contributed by atoms with Crippen LogP contribution in [-0.4, -0.2) is 20.4 Å². The lowest BCUT2D eigenvalue weighted by Gasteiger charge is -2.27. The highest BCUT2D eigenvalue weighted by Crippen LogP contribution is 2.45. The number of esters is 1. The van der Waals surface area contributed by atoms with Crippen molar-refractivity contribution in [2.45, 2.75) is 7.87 Å². The molecule has 0 aromatic rings. The van der Waals surface area contributed by atoms with Crippen LogP contribution < -0.4 is 0 Å². The van der Waals surface area contributed by atoms with Crippen LogP contribution in [0.2, 0.25) is 0 Å². The Hall–Kier alpha value is 0.780. The molecule has 0 aromatic carbocycles. The molecule has 0 heterocycles. The molecule has 0 aliphatic rings. The molecule has 76 valence electrons. The first-order valence-corrected chi connectivity index (χ1v) is 5.06. The van der Waals surface area contributed by atoms with Crippen molar-refractivity contribution < 1.29 is 9.53 Å². The van der Waals surface area contributed by atoms with E-state index in [0.29, 0.717) is 0 Å². The molecule has 0 aliphatic heterocycles. The van der Waals surface area contributed by atoms with Gasteiger partial charge in [-0.15, -0.1) is 25.3 Å². The van der Waals surface area contributed by atoms with Crippen LogP contribution in [0.5, 0.6) is 0 Å². The summed E-state index contributed by atoms with van der Waals surface area (Å²) in [5, 5.41) is 0. The van der Waals surface area contributed by atoms with Crippen LogP contribution in [0.1, 0.15) is 0 Å². The van der Waals surface area contributed by atoms with Gasteiger partial charge in [0.1, 0.15) is 6.61 Å². The van der Waals surface area contributed by atoms with Crippen molar-refractivity contribution in [3.63, 3.8) is 0 Å². The first kappa shape index (κ1) is 13.8. The van der Waals surface area contributed by atoms with E-state index >= 15 is 0 Å². The van der Waals surface area contributed by atoms with Crippen molar-refractivity contribution in [3.05, 3.63) is 12.7 Å². The van der Waals surface area contributed by atoms with E-state index in [1.807, 2.05) is 0 Å². The first-order valence-electron chi connectivity index (χ1n) is 3.03. The second kappa shape index (κ2) is 5.03. The topological polar surface area (TPSA) is 26.3 Å². The zero-order chi connectivity index (χ0) is 10.7. The van der Waals surface area contributed by atoms with Crippen molar-refractivity contribution in [2.24, 2.45) is 0 Å². The Morgan fingerprint density at radius 2 is 1.92 bits per heavy atom. The van der Waals surface area contributed by atoms with Gasteiger partial charge in [0.25, 0.3) is 0 Å². The third-order valence-electron chi connectivity index (χ3n) is 1.01. The molecular weight excluding hydrogens is 275 g/mol. The minimum atomic E-state index is -1.95. The summed E-state index contributed by atoms with van der Waals surface area (Å²) in [5.41, 5.74) is 0. The average Bonchev–Trinajstić information content (AvgIpc) is 1.97. The maximum Gasteiger partial charge on any atom is 0.336 e. The lowest BCUT2D eigenvalue weighted by molar-refractivity contribution is -0.142. The van der Waals surface area contributed by atoms with Crippen LogP contribution in [-0.2, 0) is 9.53 Å². The number of hydrogen-bond acceptors (Lipinski definition) is 4. The molecule has 0 rings (SSSR count). The van der Waals surface area contributed by atoms with E-state index in [1.165, 1.54) is 6.08 Å². The third kappa shape index (κ3) is 3.80. The number of ether oxygens (including phenoxy) is 1. The van der Waals surface area contributed by atoms with Crippen molar-refractivity contribution >= 4 is 66.0 Å². The fourth-order valence-corrected chi connectivity index (χ4v) is 0.712. The van der Waals surface area contributed by atoms with Gasteiger partial charge >= 0.3 is 5.97 Å². The van der Waals surface area contributed by atoms with E-state index in [4.69, 9.17) is 34.8 Å². The van der Waals surface area contributed by atoms with Gasteiger partial charge in [0.2, 0.25) is 3.79 Å². The summed E-state index contributed by atoms with van der Waals surface area (Å²) >= 11 is 23.9. The molecule has 2 nitrogen and oxygen atoms in total. The second-order valence-electron chi connectivity index (χ2n) is 2.06. The SMILES string of the molecule is C=CCOC(=O)C(S)(S)C(Cl)(Cl)Cl. The molecule has 7 heteroatoms. The molecule has 0 spiro atoms. The van der Waals surface area contributed by atoms with Crippen LogP contribution in [0, 0.1) is 0 Å². The van der Waals surface area contributed by atoms with Crippen LogP contribution in [0.25, 0.3) is 0 Å². The Kier molecular flexibility index (Phi) is 5.33. The summed E-state index contributed by atoms with van der Waals surface area (Å²) in [6.45, 7) is 3.37. The molecule has 0 aliphatic carbocycles. The van der Waals surface area contributed by atoms with Crippen molar-refractivity contribution in [1.82, 2.24) is 0 Å². The molecule has 13 heavy (non-hydrogen) atoms. The molecule has 0 fully saturated rings. The highest BCUT2D eigenvalue weighted by molar-refractivity contribution is 8.02. The lowest BCUT2D eigenvalue weighted by atomic mass is 10.4. The summed E-state index contributed by atoms with van der Waals surface area (Å²) < 4.78 is 0.895. The molecular formula is C6H7Cl3O2S2. The largest absolute Gasteiger partial charge is 0.460 e. The molecule has 0 bridgehead atoms. The van der Waals surface area contributed by atoms with Crippen LogP contribution in [0.15, 0.2) is 12.7 Å². The zero-order valence-electron chi connectivity index (χ0n) is 6.34. The standard InChI is InChI=1S/C6H7Cl3O2S2/c1-2-3-11-4(10)5(12,13)6(7,8)9/h2,12-13H,1,3H2. The summed E-state index contributed by atoms with van der Waals surface area (Å²) in [6, 6.07) is 0. The van der Waals surface area contributed by atoms with E-state index in [1.54, 1.807) is 0 Å². The van der Waals surface area contributed by atoms with Gasteiger partial charge in [0.05, 0.1) is 0 Å². The Bertz CT molecular complexity index is 212. The molecule has 0 amide bonds. The molecule has 0 saturated heterocycles. The Morgan fingerprint density at radius 3 is 2.23 bits per heavy atom. The van der Waals surface area contributed by atoms with E-state index in [2.05, 4.69) is 36.6 Å². The summed E-state index contributed by atoms with van der Waals surface area (Å²) in [7, 11) is 0. The average molecular weight is 282 g/mol. The fraction of sp³-hybridized carbons (Fsp3) is 0.500. The predicted octanol–water partition coefficient (Wildman–Crippen LogP) is 2.64. The summed E-state index contributed by atoms with van der Waals surface area (Å²) in [4.78, 5) is 11.2. The zero-order valence-corrected chi connectivity index (χ0v) is 10.4. The van der Waals surface area contributed by atoms with Crippen LogP contribution in [0.3, 0.4) is 0 Å². The molecule has 0 radical (unpaired) electrons. The van der Waals surface area contributed by atoms with Gasteiger partial charge in [-0.1, -0.05) is 47.5 Å². The fourth-order valence-electron chi connectivity index (χ4n) is 0.351. The highest BCUT2D eigenvalue weighted by atomic mass is 35.6. The second-order valence-corrected chi connectivity index (χ2v) is 6.03. The van der Waals surface area contributed by atoms with Crippen LogP contribution >= 0.6 is 60.1 Å². The number of thiol groups is 2. The number of halogens is 3. The quantitative estimate of drug-likeness (QED) is 0.273. The summed E-state index contributed by atoms with van der Waals surface area (Å²) in [5.74, 6) is -0.834. The third-order valence-corrected chi connectivity index (χ3v) is 3.69. The molecule has 0 unspecified atom stereocenters. The van der Waals surface area contributed by atoms with Gasteiger partial charge in [0.15, 0.2) is 4.08 Å². The first-order chi connectivity index (χ1) is 5.73. The minimum absolute atomic E-state index is 0.0163. The van der Waals surface area contributed by atoms with Crippen molar-refractivity contribution in [1.29, 1.82) is 0 Å². The normalized spacial score (nSPS) is 12.4. The number of hydrogen-bond donors (Lipinski definition) is 2. The van der Waals surface area contributed by atoms with Gasteiger partial charge in [-0.25, -0.2) is 4.79 Å². The van der Waals surface area contributed by atoms with E-state index in [0.717, 1.165) is 0 Å². The minimum Gasteiger partial charge on any atom is -0.460 e. The van der Waals surface area contributed by atoms with Gasteiger partial charge in [-0.2, -0.15) is 0 Å². The summed E-state index contributed by atoms with van der Waals surface area (Å²) in [6.07, 6.45) is 1.38. The van der Waals surface area contributed by atoms with E-state index in [-0.39, 0.29) is 6.61 Å². The van der Waals surface area contributed by atoms with Gasteiger partial charge in [0, 0.05) is 0 Å². The Balaban J connectivity index is 4.45. The van der Waals surface area contributed by atoms with Crippen molar-refractivity contribution in [2.75, 3.05) is 6.61 Å². The maximum atomic E-state index is 11.2. The monoisotopic (exact) mass is 280 g/mol.